The van der Waals surface area contributed by atoms with Crippen LogP contribution in [0.3, 0.4) is 0 Å². The van der Waals surface area contributed by atoms with E-state index in [-0.39, 0.29) is 11.1 Å². The molecule has 0 radical (unpaired) electrons. The molecule has 4 heteroatoms. The van der Waals surface area contributed by atoms with Gasteiger partial charge in [0.15, 0.2) is 0 Å². The van der Waals surface area contributed by atoms with Crippen LogP contribution in [0, 0.1) is 11.8 Å². The minimum absolute atomic E-state index is 0.344. The van der Waals surface area contributed by atoms with Gasteiger partial charge in [-0.3, -0.25) is 9.59 Å². The Morgan fingerprint density at radius 3 is 1.50 bits per heavy atom. The largest absolute Gasteiger partial charge is 0.316 e. The van der Waals surface area contributed by atoms with Crippen molar-refractivity contribution in [2.24, 2.45) is 11.8 Å². The molecule has 2 saturated carbocycles. The topological polar surface area (TPSA) is 44.0 Å². The second-order valence-electron chi connectivity index (χ2n) is 5.81. The summed E-state index contributed by atoms with van der Waals surface area (Å²) in [7, 11) is 0. The van der Waals surface area contributed by atoms with Crippen molar-refractivity contribution >= 4 is 0 Å². The molecule has 2 aliphatic carbocycles. The Hall–Kier alpha value is -1.32. The van der Waals surface area contributed by atoms with Crippen LogP contribution >= 0.6 is 0 Å². The first-order valence-electron chi connectivity index (χ1n) is 7.04. The van der Waals surface area contributed by atoms with Crippen molar-refractivity contribution in [2.75, 3.05) is 0 Å². The summed E-state index contributed by atoms with van der Waals surface area (Å²) >= 11 is 0. The quantitative estimate of drug-likeness (QED) is 0.760. The second-order valence-corrected chi connectivity index (χ2v) is 5.81. The summed E-state index contributed by atoms with van der Waals surface area (Å²) in [6.07, 6.45) is 10.9. The lowest BCUT2D eigenvalue weighted by atomic mass is 9.85. The fourth-order valence-corrected chi connectivity index (χ4v) is 2.74. The molecule has 1 aromatic heterocycles. The molecule has 1 heterocycles. The number of hydrogen-bond acceptors (Lipinski definition) is 2. The first kappa shape index (κ1) is 11.8. The zero-order valence-electron chi connectivity index (χ0n) is 10.7. The zero-order valence-corrected chi connectivity index (χ0v) is 10.7. The summed E-state index contributed by atoms with van der Waals surface area (Å²) in [5.74, 6) is 1.20. The lowest BCUT2D eigenvalue weighted by molar-refractivity contribution is 0.263. The van der Waals surface area contributed by atoms with Gasteiger partial charge < -0.3 is 9.13 Å². The number of hydrogen-bond donors (Lipinski definition) is 0. The zero-order chi connectivity index (χ0) is 12.5. The molecule has 2 aliphatic rings. The molecule has 4 nitrogen and oxygen atoms in total. The van der Waals surface area contributed by atoms with Crippen molar-refractivity contribution in [3.8, 4) is 0 Å². The first-order valence-corrected chi connectivity index (χ1v) is 7.04. The Balaban J connectivity index is 1.78. The van der Waals surface area contributed by atoms with Crippen molar-refractivity contribution in [3.05, 3.63) is 33.1 Å². The molecule has 0 spiro atoms. The summed E-state index contributed by atoms with van der Waals surface area (Å²) in [6.45, 7) is 1.44. The van der Waals surface area contributed by atoms with E-state index in [4.69, 9.17) is 0 Å². The molecule has 0 aromatic carbocycles. The van der Waals surface area contributed by atoms with Gasteiger partial charge >= 0.3 is 11.1 Å². The van der Waals surface area contributed by atoms with E-state index in [1.54, 1.807) is 21.5 Å². The van der Waals surface area contributed by atoms with Gasteiger partial charge in [-0.05, 0) is 37.5 Å². The van der Waals surface area contributed by atoms with Gasteiger partial charge in [-0.2, -0.15) is 0 Å². The molecule has 0 bridgehead atoms. The van der Waals surface area contributed by atoms with Gasteiger partial charge in [0, 0.05) is 25.5 Å². The average molecular weight is 248 g/mol. The second kappa shape index (κ2) is 4.75. The van der Waals surface area contributed by atoms with Gasteiger partial charge in [0.25, 0.3) is 0 Å². The Labute approximate surface area is 106 Å². The van der Waals surface area contributed by atoms with Crippen molar-refractivity contribution in [1.29, 1.82) is 0 Å². The monoisotopic (exact) mass is 248 g/mol. The van der Waals surface area contributed by atoms with Crippen molar-refractivity contribution < 1.29 is 0 Å². The summed E-state index contributed by atoms with van der Waals surface area (Å²) in [5.41, 5.74) is -0.688. The average Bonchev–Trinajstić information content (AvgIpc) is 2.25. The Bertz CT molecular complexity index is 486. The molecule has 98 valence electrons. The molecule has 0 unspecified atom stereocenters. The third-order valence-corrected chi connectivity index (χ3v) is 4.49. The molecule has 3 rings (SSSR count). The van der Waals surface area contributed by atoms with E-state index in [1.165, 1.54) is 38.5 Å². The van der Waals surface area contributed by atoms with Crippen LogP contribution in [0.25, 0.3) is 0 Å². The van der Waals surface area contributed by atoms with Gasteiger partial charge in [0.1, 0.15) is 0 Å². The molecular formula is C14H20N2O2. The predicted octanol–water partition coefficient (Wildman–Crippen LogP) is 1.61. The van der Waals surface area contributed by atoms with E-state index in [0.29, 0.717) is 11.8 Å². The normalized spacial score (nSPS) is 20.4. The van der Waals surface area contributed by atoms with Crippen molar-refractivity contribution in [3.63, 3.8) is 0 Å². The molecular weight excluding hydrogens is 228 g/mol. The van der Waals surface area contributed by atoms with Crippen LogP contribution in [0.2, 0.25) is 0 Å². The Morgan fingerprint density at radius 2 is 1.22 bits per heavy atom. The van der Waals surface area contributed by atoms with E-state index in [1.807, 2.05) is 0 Å². The van der Waals surface area contributed by atoms with Gasteiger partial charge in [0.05, 0.1) is 0 Å². The number of nitrogens with zero attached hydrogens (tertiary/aromatic N) is 2. The third-order valence-electron chi connectivity index (χ3n) is 4.49. The summed E-state index contributed by atoms with van der Waals surface area (Å²) in [6, 6.07) is 0. The smallest absolute Gasteiger partial charge is 0.309 e. The maximum atomic E-state index is 12.0. The van der Waals surface area contributed by atoms with Crippen LogP contribution in [0.1, 0.15) is 38.5 Å². The number of rotatable bonds is 4. The molecule has 0 atom stereocenters. The van der Waals surface area contributed by atoms with Gasteiger partial charge in [-0.1, -0.05) is 12.8 Å². The molecule has 2 fully saturated rings. The van der Waals surface area contributed by atoms with Crippen LogP contribution in [0.4, 0.5) is 0 Å². The van der Waals surface area contributed by atoms with E-state index in [0.717, 1.165) is 13.1 Å². The van der Waals surface area contributed by atoms with Crippen LogP contribution in [0.15, 0.2) is 22.0 Å². The van der Waals surface area contributed by atoms with E-state index in [9.17, 15) is 9.59 Å². The SMILES string of the molecule is O=c1c(=O)n(CC2CCC2)ccn1CC1CCC1. The van der Waals surface area contributed by atoms with Gasteiger partial charge in [-0.15, -0.1) is 0 Å². The minimum atomic E-state index is -0.344. The molecule has 0 amide bonds. The highest BCUT2D eigenvalue weighted by Gasteiger charge is 2.21. The Kier molecular flexibility index (Phi) is 3.10. The highest BCUT2D eigenvalue weighted by atomic mass is 16.2. The maximum Gasteiger partial charge on any atom is 0.316 e. The number of aromatic nitrogens is 2. The van der Waals surface area contributed by atoms with Gasteiger partial charge in [0.2, 0.25) is 0 Å². The molecule has 0 saturated heterocycles. The van der Waals surface area contributed by atoms with Crippen LogP contribution < -0.4 is 11.1 Å². The summed E-state index contributed by atoms with van der Waals surface area (Å²) in [5, 5.41) is 0. The standard InChI is InChI=1S/C14H20N2O2/c17-13-14(18)16(10-12-5-2-6-12)8-7-15(13)9-11-3-1-4-11/h7-8,11-12H,1-6,9-10H2. The summed E-state index contributed by atoms with van der Waals surface area (Å²) < 4.78 is 3.20. The fourth-order valence-electron chi connectivity index (χ4n) is 2.74. The lowest BCUT2D eigenvalue weighted by Crippen LogP contribution is -2.43. The van der Waals surface area contributed by atoms with Crippen LogP contribution in [-0.2, 0) is 13.1 Å². The maximum absolute atomic E-state index is 12.0. The highest BCUT2D eigenvalue weighted by Crippen LogP contribution is 2.28. The first-order chi connectivity index (χ1) is 8.74. The Morgan fingerprint density at radius 1 is 0.833 bits per heavy atom. The van der Waals surface area contributed by atoms with E-state index >= 15 is 0 Å². The van der Waals surface area contributed by atoms with Crippen molar-refractivity contribution in [1.82, 2.24) is 9.13 Å². The highest BCUT2D eigenvalue weighted by molar-refractivity contribution is 4.88. The molecule has 0 aliphatic heterocycles. The fraction of sp³-hybridized carbons (Fsp3) is 0.714. The van der Waals surface area contributed by atoms with E-state index in [2.05, 4.69) is 0 Å². The minimum Gasteiger partial charge on any atom is -0.309 e. The van der Waals surface area contributed by atoms with Gasteiger partial charge in [-0.25, -0.2) is 0 Å². The lowest BCUT2D eigenvalue weighted by Gasteiger charge is -2.27. The third kappa shape index (κ3) is 2.16. The molecule has 1 aromatic rings. The summed E-state index contributed by atoms with van der Waals surface area (Å²) in [4.78, 5) is 24.0. The predicted molar refractivity (Wildman–Crippen MR) is 69.6 cm³/mol. The van der Waals surface area contributed by atoms with E-state index < -0.39 is 0 Å². The van der Waals surface area contributed by atoms with Crippen molar-refractivity contribution in [2.45, 2.75) is 51.6 Å². The molecule has 0 N–H and O–H groups in total. The molecule has 18 heavy (non-hydrogen) atoms. The van der Waals surface area contributed by atoms with Crippen LogP contribution in [0.5, 0.6) is 0 Å². The van der Waals surface area contributed by atoms with Crippen LogP contribution in [-0.4, -0.2) is 9.13 Å².